The molecule has 2 saturated carbocycles. The summed E-state index contributed by atoms with van der Waals surface area (Å²) in [4.78, 5) is 10.9. The highest BCUT2D eigenvalue weighted by Crippen LogP contribution is 2.40. The Balaban J connectivity index is 1.14. The summed E-state index contributed by atoms with van der Waals surface area (Å²) in [6, 6.07) is 19.0. The number of hydrogen-bond donors (Lipinski definition) is 3. The van der Waals surface area contributed by atoms with Gasteiger partial charge in [-0.1, -0.05) is 61.0 Å². The van der Waals surface area contributed by atoms with Gasteiger partial charge in [0, 0.05) is 18.6 Å². The molecule has 158 valence electrons. The van der Waals surface area contributed by atoms with E-state index in [0.29, 0.717) is 23.6 Å². The molecule has 0 aromatic heterocycles. The van der Waals surface area contributed by atoms with E-state index in [2.05, 4.69) is 54.0 Å². The van der Waals surface area contributed by atoms with Gasteiger partial charge in [-0.2, -0.15) is 0 Å². The van der Waals surface area contributed by atoms with E-state index in [0.717, 1.165) is 31.0 Å². The molecule has 2 aliphatic carbocycles. The molecule has 2 aromatic rings. The zero-order valence-corrected chi connectivity index (χ0v) is 17.7. The average molecular weight is 405 g/mol. The summed E-state index contributed by atoms with van der Waals surface area (Å²) >= 11 is 0. The van der Waals surface area contributed by atoms with Gasteiger partial charge >= 0.3 is 5.97 Å². The number of aromatic carboxylic acids is 1. The van der Waals surface area contributed by atoms with Crippen molar-refractivity contribution in [1.29, 1.82) is 0 Å². The van der Waals surface area contributed by atoms with Gasteiger partial charge < -0.3 is 15.7 Å². The van der Waals surface area contributed by atoms with Crippen LogP contribution in [0.4, 0.5) is 0 Å². The fourth-order valence-corrected chi connectivity index (χ4v) is 4.48. The largest absolute Gasteiger partial charge is 0.478 e. The van der Waals surface area contributed by atoms with Crippen molar-refractivity contribution in [2.24, 2.45) is 11.8 Å². The second kappa shape index (κ2) is 9.59. The van der Waals surface area contributed by atoms with Crippen LogP contribution in [0.15, 0.2) is 60.2 Å². The average Bonchev–Trinajstić information content (AvgIpc) is 3.51. The molecule has 2 unspecified atom stereocenters. The Labute approximate surface area is 179 Å². The predicted molar refractivity (Wildman–Crippen MR) is 121 cm³/mol. The van der Waals surface area contributed by atoms with E-state index in [1.54, 1.807) is 17.7 Å². The number of hydrogen-bond acceptors (Lipinski definition) is 3. The van der Waals surface area contributed by atoms with E-state index >= 15 is 0 Å². The molecule has 4 heteroatoms. The first-order chi connectivity index (χ1) is 14.6. The Morgan fingerprint density at radius 2 is 1.77 bits per heavy atom. The molecule has 0 bridgehead atoms. The second-order valence-corrected chi connectivity index (χ2v) is 8.76. The minimum absolute atomic E-state index is 0.344. The maximum Gasteiger partial charge on any atom is 0.335 e. The molecule has 4 nitrogen and oxygen atoms in total. The first-order valence-electron chi connectivity index (χ1n) is 11.2. The maximum atomic E-state index is 10.9. The van der Waals surface area contributed by atoms with Crippen LogP contribution in [0.1, 0.15) is 54.1 Å². The van der Waals surface area contributed by atoms with Gasteiger partial charge in [-0.3, -0.25) is 0 Å². The lowest BCUT2D eigenvalue weighted by molar-refractivity contribution is 0.0697. The van der Waals surface area contributed by atoms with Gasteiger partial charge in [0.2, 0.25) is 0 Å². The zero-order valence-electron chi connectivity index (χ0n) is 17.7. The third-order valence-electron chi connectivity index (χ3n) is 6.53. The monoisotopic (exact) mass is 404 g/mol. The minimum Gasteiger partial charge on any atom is -0.478 e. The van der Waals surface area contributed by atoms with Crippen molar-refractivity contribution < 1.29 is 9.90 Å². The lowest BCUT2D eigenvalue weighted by Gasteiger charge is -2.36. The first-order valence-corrected chi connectivity index (χ1v) is 11.2. The van der Waals surface area contributed by atoms with Crippen molar-refractivity contribution >= 4 is 12.0 Å². The minimum atomic E-state index is -0.872. The standard InChI is InChI=1S/C26H32N2O2/c1-2-21(12-18-6-4-3-5-7-18)24-15-25(24)28-17-20-13-23(14-20)27-16-19-8-10-22(11-9-19)26(29)30/h3-12,20,23-25,27-28H,2,13-17H2,1H3,(H,29,30)/b21-12+. The third-order valence-corrected chi connectivity index (χ3v) is 6.53. The predicted octanol–water partition coefficient (Wildman–Crippen LogP) is 4.72. The molecule has 0 aliphatic heterocycles. The molecular weight excluding hydrogens is 372 g/mol. The van der Waals surface area contributed by atoms with Crippen LogP contribution in [0.3, 0.4) is 0 Å². The summed E-state index contributed by atoms with van der Waals surface area (Å²) in [5.41, 5.74) is 4.36. The number of nitrogens with one attached hydrogen (secondary N) is 2. The Morgan fingerprint density at radius 1 is 1.03 bits per heavy atom. The molecule has 2 aromatic carbocycles. The number of benzene rings is 2. The highest BCUT2D eigenvalue weighted by Gasteiger charge is 2.39. The summed E-state index contributed by atoms with van der Waals surface area (Å²) in [7, 11) is 0. The quantitative estimate of drug-likeness (QED) is 0.536. The third kappa shape index (κ3) is 5.38. The summed E-state index contributed by atoms with van der Waals surface area (Å²) in [6.45, 7) is 4.19. The fourth-order valence-electron chi connectivity index (χ4n) is 4.48. The van der Waals surface area contributed by atoms with Gasteiger partial charge in [0.25, 0.3) is 0 Å². The molecular formula is C26H32N2O2. The van der Waals surface area contributed by atoms with Gasteiger partial charge in [-0.25, -0.2) is 4.79 Å². The molecule has 0 amide bonds. The molecule has 2 aliphatic rings. The van der Waals surface area contributed by atoms with Crippen LogP contribution in [0, 0.1) is 11.8 Å². The molecule has 30 heavy (non-hydrogen) atoms. The fraction of sp³-hybridized carbons (Fsp3) is 0.423. The SMILES string of the molecule is CC/C(=C\c1ccccc1)C1CC1NCC1CC(NCc2ccc(C(=O)O)cc2)C1. The van der Waals surface area contributed by atoms with E-state index in [1.807, 2.05) is 12.1 Å². The topological polar surface area (TPSA) is 61.4 Å². The number of carbonyl (C=O) groups is 1. The van der Waals surface area contributed by atoms with Crippen molar-refractivity contribution in [3.63, 3.8) is 0 Å². The van der Waals surface area contributed by atoms with Crippen LogP contribution < -0.4 is 10.6 Å². The zero-order chi connectivity index (χ0) is 20.9. The number of carboxylic acid groups (broad SMARTS) is 1. The summed E-state index contributed by atoms with van der Waals surface area (Å²) in [6.07, 6.45) is 7.21. The van der Waals surface area contributed by atoms with Gasteiger partial charge in [0.1, 0.15) is 0 Å². The number of rotatable bonds is 10. The van der Waals surface area contributed by atoms with Crippen LogP contribution in [0.5, 0.6) is 0 Å². The van der Waals surface area contributed by atoms with Gasteiger partial charge in [0.15, 0.2) is 0 Å². The first kappa shape index (κ1) is 20.8. The van der Waals surface area contributed by atoms with E-state index < -0.39 is 5.97 Å². The van der Waals surface area contributed by atoms with Crippen LogP contribution in [-0.2, 0) is 6.54 Å². The van der Waals surface area contributed by atoms with Crippen molar-refractivity contribution in [3.05, 3.63) is 76.9 Å². The second-order valence-electron chi connectivity index (χ2n) is 8.76. The van der Waals surface area contributed by atoms with Gasteiger partial charge in [0.05, 0.1) is 5.56 Å². The smallest absolute Gasteiger partial charge is 0.335 e. The van der Waals surface area contributed by atoms with Crippen molar-refractivity contribution in [1.82, 2.24) is 10.6 Å². The lowest BCUT2D eigenvalue weighted by Crippen LogP contribution is -2.44. The summed E-state index contributed by atoms with van der Waals surface area (Å²) < 4.78 is 0. The Bertz CT molecular complexity index is 870. The Morgan fingerprint density at radius 3 is 2.43 bits per heavy atom. The van der Waals surface area contributed by atoms with Crippen LogP contribution in [-0.4, -0.2) is 29.7 Å². The molecule has 0 spiro atoms. The van der Waals surface area contributed by atoms with Crippen LogP contribution in [0.25, 0.3) is 6.08 Å². The molecule has 3 N–H and O–H groups in total. The molecule has 2 fully saturated rings. The van der Waals surface area contributed by atoms with E-state index in [-0.39, 0.29) is 0 Å². The molecule has 0 saturated heterocycles. The molecule has 0 heterocycles. The van der Waals surface area contributed by atoms with Gasteiger partial charge in [-0.05, 0) is 67.3 Å². The normalized spacial score (nSPS) is 25.6. The van der Waals surface area contributed by atoms with E-state index in [1.165, 1.54) is 24.8 Å². The lowest BCUT2D eigenvalue weighted by atomic mass is 9.80. The number of carboxylic acids is 1. The molecule has 4 rings (SSSR count). The van der Waals surface area contributed by atoms with E-state index in [4.69, 9.17) is 5.11 Å². The van der Waals surface area contributed by atoms with Crippen LogP contribution >= 0.6 is 0 Å². The van der Waals surface area contributed by atoms with Crippen LogP contribution in [0.2, 0.25) is 0 Å². The van der Waals surface area contributed by atoms with E-state index in [9.17, 15) is 4.79 Å². The maximum absolute atomic E-state index is 10.9. The van der Waals surface area contributed by atoms with Gasteiger partial charge in [-0.15, -0.1) is 0 Å². The summed E-state index contributed by atoms with van der Waals surface area (Å²) in [5, 5.41) is 16.4. The molecule has 2 atom stereocenters. The van der Waals surface area contributed by atoms with Crippen molar-refractivity contribution in [2.75, 3.05) is 6.54 Å². The summed E-state index contributed by atoms with van der Waals surface area (Å²) in [5.74, 6) is 0.600. The van der Waals surface area contributed by atoms with Crippen molar-refractivity contribution in [2.45, 2.75) is 51.2 Å². The Hall–Kier alpha value is -2.43. The van der Waals surface area contributed by atoms with Crippen molar-refractivity contribution in [3.8, 4) is 0 Å². The molecule has 0 radical (unpaired) electrons. The highest BCUT2D eigenvalue weighted by atomic mass is 16.4. The highest BCUT2D eigenvalue weighted by molar-refractivity contribution is 5.87. The Kier molecular flexibility index (Phi) is 6.66.